The average Bonchev–Trinajstić information content (AvgIpc) is 2.70. The minimum absolute atomic E-state index is 0.233. The van der Waals surface area contributed by atoms with E-state index in [1.165, 1.54) is 6.08 Å². The molecule has 0 N–H and O–H groups in total. The van der Waals surface area contributed by atoms with Crippen LogP contribution in [0.4, 0.5) is 0 Å². The van der Waals surface area contributed by atoms with Gasteiger partial charge in [-0.25, -0.2) is 4.89 Å². The minimum atomic E-state index is -0.683. The molecule has 2 aromatic carbocycles. The molecule has 140 valence electrons. The van der Waals surface area contributed by atoms with Gasteiger partial charge in [0.2, 0.25) is 6.29 Å². The first kappa shape index (κ1) is 19.8. The van der Waals surface area contributed by atoms with E-state index >= 15 is 0 Å². The fraction of sp³-hybridized carbons (Fsp3) is 0.300. The van der Waals surface area contributed by atoms with E-state index in [1.807, 2.05) is 42.5 Å². The van der Waals surface area contributed by atoms with E-state index in [4.69, 9.17) is 28.7 Å². The van der Waals surface area contributed by atoms with Gasteiger partial charge >= 0.3 is 0 Å². The lowest BCUT2D eigenvalue weighted by molar-refractivity contribution is -0.373. The molecule has 0 bridgehead atoms. The van der Waals surface area contributed by atoms with Gasteiger partial charge in [0.25, 0.3) is 0 Å². The Morgan fingerprint density at radius 1 is 0.846 bits per heavy atom. The summed E-state index contributed by atoms with van der Waals surface area (Å²) in [5.74, 6) is 2.08. The summed E-state index contributed by atoms with van der Waals surface area (Å²) in [6, 6.07) is 13.1. The van der Waals surface area contributed by atoms with Crippen molar-refractivity contribution in [2.24, 2.45) is 0 Å². The highest BCUT2D eigenvalue weighted by atomic mass is 17.2. The van der Waals surface area contributed by atoms with Gasteiger partial charge in [-0.2, -0.15) is 4.89 Å². The quantitative estimate of drug-likeness (QED) is 0.262. The van der Waals surface area contributed by atoms with Gasteiger partial charge in [-0.05, 0) is 41.5 Å². The van der Waals surface area contributed by atoms with Crippen molar-refractivity contribution < 1.29 is 28.7 Å². The van der Waals surface area contributed by atoms with Crippen molar-refractivity contribution in [2.75, 3.05) is 21.3 Å². The first-order valence-electron chi connectivity index (χ1n) is 8.06. The fourth-order valence-corrected chi connectivity index (χ4v) is 2.17. The molecule has 0 aromatic heterocycles. The molecular formula is C20H24O6. The zero-order valence-electron chi connectivity index (χ0n) is 15.3. The Bertz CT molecular complexity index is 683. The van der Waals surface area contributed by atoms with Crippen LogP contribution < -0.4 is 14.2 Å². The molecule has 0 spiro atoms. The molecule has 0 amide bonds. The van der Waals surface area contributed by atoms with E-state index in [1.54, 1.807) is 21.3 Å². The number of hydrogen-bond donors (Lipinski definition) is 0. The van der Waals surface area contributed by atoms with Crippen LogP contribution in [0.2, 0.25) is 0 Å². The van der Waals surface area contributed by atoms with Crippen molar-refractivity contribution in [3.05, 3.63) is 66.2 Å². The zero-order chi connectivity index (χ0) is 18.8. The third kappa shape index (κ3) is 5.77. The van der Waals surface area contributed by atoms with Gasteiger partial charge in [0.05, 0.1) is 27.9 Å². The van der Waals surface area contributed by atoms with Crippen LogP contribution in [0.5, 0.6) is 17.2 Å². The summed E-state index contributed by atoms with van der Waals surface area (Å²) in [6.07, 6.45) is 0.843. The predicted octanol–water partition coefficient (Wildman–Crippen LogP) is 3.89. The van der Waals surface area contributed by atoms with Crippen molar-refractivity contribution in [3.63, 3.8) is 0 Å². The molecule has 0 fully saturated rings. The van der Waals surface area contributed by atoms with Gasteiger partial charge in [0, 0.05) is 0 Å². The number of ether oxygens (including phenoxy) is 4. The Morgan fingerprint density at radius 3 is 2.15 bits per heavy atom. The smallest absolute Gasteiger partial charge is 0.210 e. The molecule has 0 aliphatic heterocycles. The van der Waals surface area contributed by atoms with Crippen LogP contribution in [0, 0.1) is 0 Å². The fourth-order valence-electron chi connectivity index (χ4n) is 2.17. The largest absolute Gasteiger partial charge is 0.497 e. The van der Waals surface area contributed by atoms with Crippen molar-refractivity contribution in [3.8, 4) is 17.2 Å². The van der Waals surface area contributed by atoms with Crippen LogP contribution in [-0.4, -0.2) is 27.6 Å². The van der Waals surface area contributed by atoms with Gasteiger partial charge in [0.1, 0.15) is 12.4 Å². The second-order valence-electron chi connectivity index (χ2n) is 5.31. The lowest BCUT2D eigenvalue weighted by atomic mass is 10.2. The molecule has 2 aromatic rings. The van der Waals surface area contributed by atoms with E-state index < -0.39 is 6.29 Å². The molecule has 2 rings (SSSR count). The summed E-state index contributed by atoms with van der Waals surface area (Å²) in [5.41, 5.74) is 1.86. The molecule has 26 heavy (non-hydrogen) atoms. The standard InChI is InChI=1S/C20H24O6/c1-5-20(24-13-15-6-9-17(21-2)10-7-15)26-25-14-16-8-11-18(22-3)19(12-16)23-4/h5-12,20H,1,13-14H2,2-4H3. The highest BCUT2D eigenvalue weighted by Gasteiger charge is 2.09. The highest BCUT2D eigenvalue weighted by Crippen LogP contribution is 2.27. The summed E-state index contributed by atoms with van der Waals surface area (Å²) in [5, 5.41) is 0. The monoisotopic (exact) mass is 360 g/mol. The number of methoxy groups -OCH3 is 3. The molecule has 0 saturated carbocycles. The summed E-state index contributed by atoms with van der Waals surface area (Å²) in [4.78, 5) is 10.5. The maximum absolute atomic E-state index is 5.62. The SMILES string of the molecule is C=CC(OCc1ccc(OC)cc1)OOCc1ccc(OC)c(OC)c1. The molecule has 1 unspecified atom stereocenters. The number of hydrogen-bond acceptors (Lipinski definition) is 6. The number of rotatable bonds is 11. The van der Waals surface area contributed by atoms with E-state index in [0.717, 1.165) is 16.9 Å². The van der Waals surface area contributed by atoms with Gasteiger partial charge in [-0.1, -0.05) is 24.8 Å². The van der Waals surface area contributed by atoms with E-state index in [2.05, 4.69) is 6.58 Å². The summed E-state index contributed by atoms with van der Waals surface area (Å²) >= 11 is 0. The third-order valence-corrected chi connectivity index (χ3v) is 3.60. The van der Waals surface area contributed by atoms with Crippen molar-refractivity contribution >= 4 is 0 Å². The van der Waals surface area contributed by atoms with Crippen LogP contribution in [-0.2, 0) is 27.7 Å². The molecule has 0 heterocycles. The van der Waals surface area contributed by atoms with E-state index in [-0.39, 0.29) is 6.61 Å². The molecule has 1 atom stereocenters. The predicted molar refractivity (Wildman–Crippen MR) is 97.2 cm³/mol. The first-order chi connectivity index (χ1) is 12.7. The van der Waals surface area contributed by atoms with Crippen LogP contribution in [0.15, 0.2) is 55.1 Å². The Morgan fingerprint density at radius 2 is 1.54 bits per heavy atom. The third-order valence-electron chi connectivity index (χ3n) is 3.60. The van der Waals surface area contributed by atoms with Gasteiger partial charge in [0.15, 0.2) is 11.5 Å². The maximum Gasteiger partial charge on any atom is 0.210 e. The maximum atomic E-state index is 5.62. The summed E-state index contributed by atoms with van der Waals surface area (Å²) < 4.78 is 21.2. The molecule has 6 nitrogen and oxygen atoms in total. The van der Waals surface area contributed by atoms with Crippen molar-refractivity contribution in [2.45, 2.75) is 19.5 Å². The molecule has 6 heteroatoms. The Balaban J connectivity index is 1.80. The van der Waals surface area contributed by atoms with Crippen molar-refractivity contribution in [1.82, 2.24) is 0 Å². The van der Waals surface area contributed by atoms with Crippen LogP contribution in [0.25, 0.3) is 0 Å². The molecule has 0 radical (unpaired) electrons. The van der Waals surface area contributed by atoms with Gasteiger partial charge in [-0.15, -0.1) is 0 Å². The van der Waals surface area contributed by atoms with E-state index in [0.29, 0.717) is 18.1 Å². The number of benzene rings is 2. The highest BCUT2D eigenvalue weighted by molar-refractivity contribution is 5.42. The Hall–Kier alpha value is -2.54. The lowest BCUT2D eigenvalue weighted by Crippen LogP contribution is -2.14. The molecular weight excluding hydrogens is 336 g/mol. The van der Waals surface area contributed by atoms with Crippen molar-refractivity contribution in [1.29, 1.82) is 0 Å². The summed E-state index contributed by atoms with van der Waals surface area (Å²) in [7, 11) is 4.80. The second-order valence-corrected chi connectivity index (χ2v) is 5.31. The molecule has 0 aliphatic rings. The van der Waals surface area contributed by atoms with Crippen LogP contribution in [0.1, 0.15) is 11.1 Å². The van der Waals surface area contributed by atoms with Gasteiger partial charge in [-0.3, -0.25) is 0 Å². The van der Waals surface area contributed by atoms with Crippen LogP contribution in [0.3, 0.4) is 0 Å². The second kappa shape index (κ2) is 10.5. The normalized spacial score (nSPS) is 11.7. The topological polar surface area (TPSA) is 55.4 Å². The Kier molecular flexibility index (Phi) is 7.95. The lowest BCUT2D eigenvalue weighted by Gasteiger charge is -2.14. The van der Waals surface area contributed by atoms with Crippen LogP contribution >= 0.6 is 0 Å². The first-order valence-corrected chi connectivity index (χ1v) is 8.06. The van der Waals surface area contributed by atoms with E-state index in [9.17, 15) is 0 Å². The minimum Gasteiger partial charge on any atom is -0.497 e. The molecule has 0 aliphatic carbocycles. The average molecular weight is 360 g/mol. The van der Waals surface area contributed by atoms with Gasteiger partial charge < -0.3 is 18.9 Å². The molecule has 0 saturated heterocycles. The summed E-state index contributed by atoms with van der Waals surface area (Å²) in [6.45, 7) is 4.28. The Labute approximate surface area is 153 Å². The zero-order valence-corrected chi connectivity index (χ0v) is 15.3.